The van der Waals surface area contributed by atoms with E-state index in [4.69, 9.17) is 15.3 Å². The largest absolute Gasteiger partial charge is 0.478 e. The number of rotatable bonds is 3. The van der Waals surface area contributed by atoms with E-state index in [1.165, 1.54) is 6.07 Å². The monoisotopic (exact) mass is 346 g/mol. The maximum Gasteiger partial charge on any atom is 0.335 e. The van der Waals surface area contributed by atoms with Crippen LogP contribution in [0.25, 0.3) is 23.0 Å². The Hall–Kier alpha value is -3.80. The van der Waals surface area contributed by atoms with Gasteiger partial charge in [-0.15, -0.1) is 0 Å². The van der Waals surface area contributed by atoms with Crippen LogP contribution < -0.4 is 11.1 Å². The summed E-state index contributed by atoms with van der Waals surface area (Å²) in [5.74, 6) is -0.206. The van der Waals surface area contributed by atoms with Crippen molar-refractivity contribution in [2.75, 3.05) is 11.1 Å². The van der Waals surface area contributed by atoms with Crippen LogP contribution in [0.4, 0.5) is 11.4 Å². The summed E-state index contributed by atoms with van der Waals surface area (Å²) in [5, 5.41) is 11.9. The van der Waals surface area contributed by atoms with E-state index in [2.05, 4.69) is 5.32 Å². The molecule has 0 atom stereocenters. The summed E-state index contributed by atoms with van der Waals surface area (Å²) < 4.78 is 5.78. The Morgan fingerprint density at radius 1 is 1.12 bits per heavy atom. The van der Waals surface area contributed by atoms with Crippen molar-refractivity contribution in [2.24, 2.45) is 0 Å². The highest BCUT2D eigenvalue weighted by Crippen LogP contribution is 2.35. The molecule has 1 aromatic heterocycles. The quantitative estimate of drug-likeness (QED) is 0.495. The van der Waals surface area contributed by atoms with Gasteiger partial charge in [-0.3, -0.25) is 4.79 Å². The zero-order chi connectivity index (χ0) is 18.3. The summed E-state index contributed by atoms with van der Waals surface area (Å²) in [6, 6.07) is 15.2. The summed E-state index contributed by atoms with van der Waals surface area (Å²) in [5.41, 5.74) is 9.06. The molecule has 128 valence electrons. The molecule has 0 unspecified atom stereocenters. The first kappa shape index (κ1) is 15.7. The van der Waals surface area contributed by atoms with Crippen LogP contribution in [0.2, 0.25) is 0 Å². The maximum atomic E-state index is 12.2. The highest BCUT2D eigenvalue weighted by molar-refractivity contribution is 6.34. The molecule has 0 saturated carbocycles. The molecule has 6 nitrogen and oxygen atoms in total. The number of carboxylic acid groups (broad SMARTS) is 1. The second kappa shape index (κ2) is 5.93. The number of fused-ring (bicyclic) bond motifs is 1. The fourth-order valence-electron chi connectivity index (χ4n) is 2.89. The number of nitrogen functional groups attached to an aromatic ring is 1. The van der Waals surface area contributed by atoms with Gasteiger partial charge in [-0.1, -0.05) is 18.2 Å². The van der Waals surface area contributed by atoms with Gasteiger partial charge in [0.1, 0.15) is 11.5 Å². The predicted molar refractivity (Wildman–Crippen MR) is 98.5 cm³/mol. The Labute approximate surface area is 148 Å². The zero-order valence-electron chi connectivity index (χ0n) is 13.5. The van der Waals surface area contributed by atoms with Crippen molar-refractivity contribution in [3.05, 3.63) is 71.5 Å². The second-order valence-electron chi connectivity index (χ2n) is 5.91. The smallest absolute Gasteiger partial charge is 0.335 e. The molecule has 1 aliphatic heterocycles. The molecule has 26 heavy (non-hydrogen) atoms. The number of carbonyl (C=O) groups is 2. The Morgan fingerprint density at radius 3 is 2.77 bits per heavy atom. The lowest BCUT2D eigenvalue weighted by Crippen LogP contribution is -2.03. The Balaban J connectivity index is 1.70. The number of amides is 1. The summed E-state index contributed by atoms with van der Waals surface area (Å²) >= 11 is 0. The second-order valence-corrected chi connectivity index (χ2v) is 5.91. The summed E-state index contributed by atoms with van der Waals surface area (Å²) in [6.45, 7) is 0. The fraction of sp³-hybridized carbons (Fsp3) is 0. The molecule has 4 rings (SSSR count). The van der Waals surface area contributed by atoms with Crippen LogP contribution in [0.15, 0.2) is 59.0 Å². The van der Waals surface area contributed by atoms with Gasteiger partial charge in [-0.05, 0) is 42.5 Å². The fourth-order valence-corrected chi connectivity index (χ4v) is 2.89. The van der Waals surface area contributed by atoms with E-state index < -0.39 is 5.97 Å². The first-order valence-electron chi connectivity index (χ1n) is 7.88. The van der Waals surface area contributed by atoms with Gasteiger partial charge in [-0.25, -0.2) is 4.79 Å². The molecule has 1 amide bonds. The van der Waals surface area contributed by atoms with Crippen molar-refractivity contribution < 1.29 is 19.1 Å². The van der Waals surface area contributed by atoms with Crippen molar-refractivity contribution in [3.63, 3.8) is 0 Å². The molecular weight excluding hydrogens is 332 g/mol. The number of anilines is 2. The van der Waals surface area contributed by atoms with E-state index >= 15 is 0 Å². The molecule has 0 aliphatic carbocycles. The Kier molecular flexibility index (Phi) is 3.58. The minimum Gasteiger partial charge on any atom is -0.478 e. The number of nitrogens with two attached hydrogens (primary N) is 1. The number of hydrogen-bond acceptors (Lipinski definition) is 4. The van der Waals surface area contributed by atoms with E-state index in [0.29, 0.717) is 34.0 Å². The molecule has 3 aromatic rings. The van der Waals surface area contributed by atoms with Crippen molar-refractivity contribution in [3.8, 4) is 11.3 Å². The first-order valence-corrected chi connectivity index (χ1v) is 7.88. The van der Waals surface area contributed by atoms with E-state index in [1.807, 2.05) is 0 Å². The van der Waals surface area contributed by atoms with Crippen LogP contribution in [0.3, 0.4) is 0 Å². The van der Waals surface area contributed by atoms with Gasteiger partial charge < -0.3 is 20.6 Å². The van der Waals surface area contributed by atoms with Crippen molar-refractivity contribution in [2.45, 2.75) is 0 Å². The molecule has 2 aromatic carbocycles. The van der Waals surface area contributed by atoms with Gasteiger partial charge in [0, 0.05) is 16.8 Å². The Morgan fingerprint density at radius 2 is 1.96 bits per heavy atom. The lowest BCUT2D eigenvalue weighted by atomic mass is 10.1. The van der Waals surface area contributed by atoms with Gasteiger partial charge in [0.25, 0.3) is 5.91 Å². The standard InChI is InChI=1S/C20H14N2O4/c21-13-4-6-15-16(19(23)22-17(15)9-13)10-14-5-7-18(26-14)11-2-1-3-12(8-11)20(24)25/h1-10H,21H2,(H,22,23)(H,24,25). The number of nitrogens with one attached hydrogen (secondary N) is 1. The normalized spacial score (nSPS) is 14.3. The molecular formula is C20H14N2O4. The minimum absolute atomic E-state index is 0.181. The van der Waals surface area contributed by atoms with Gasteiger partial charge >= 0.3 is 5.97 Å². The predicted octanol–water partition coefficient (Wildman–Crippen LogP) is 3.72. The molecule has 0 spiro atoms. The lowest BCUT2D eigenvalue weighted by Gasteiger charge is -2.00. The number of furan rings is 1. The molecule has 4 N–H and O–H groups in total. The van der Waals surface area contributed by atoms with Crippen molar-refractivity contribution in [1.82, 2.24) is 0 Å². The average Bonchev–Trinajstić information content (AvgIpc) is 3.20. The third-order valence-electron chi connectivity index (χ3n) is 4.13. The summed E-state index contributed by atoms with van der Waals surface area (Å²) in [4.78, 5) is 23.3. The third-order valence-corrected chi connectivity index (χ3v) is 4.13. The highest BCUT2D eigenvalue weighted by atomic mass is 16.4. The van der Waals surface area contributed by atoms with Gasteiger partial charge in [-0.2, -0.15) is 0 Å². The molecule has 0 radical (unpaired) electrons. The average molecular weight is 346 g/mol. The number of carboxylic acids is 1. The summed E-state index contributed by atoms with van der Waals surface area (Å²) in [6.07, 6.45) is 1.65. The zero-order valence-corrected chi connectivity index (χ0v) is 13.5. The van der Waals surface area contributed by atoms with Gasteiger partial charge in [0.2, 0.25) is 0 Å². The van der Waals surface area contributed by atoms with Crippen molar-refractivity contribution in [1.29, 1.82) is 0 Å². The molecule has 2 heterocycles. The number of benzene rings is 2. The molecule has 0 fully saturated rings. The summed E-state index contributed by atoms with van der Waals surface area (Å²) in [7, 11) is 0. The van der Waals surface area contributed by atoms with E-state index in [9.17, 15) is 9.59 Å². The lowest BCUT2D eigenvalue weighted by molar-refractivity contribution is -0.110. The number of aromatic carboxylic acids is 1. The Bertz CT molecular complexity index is 1080. The minimum atomic E-state index is -1.00. The first-order chi connectivity index (χ1) is 12.5. The van der Waals surface area contributed by atoms with Gasteiger partial charge in [0.05, 0.1) is 16.8 Å². The maximum absolute atomic E-state index is 12.2. The van der Waals surface area contributed by atoms with Crippen LogP contribution in [0.1, 0.15) is 21.7 Å². The van der Waals surface area contributed by atoms with E-state index in [0.717, 1.165) is 5.56 Å². The van der Waals surface area contributed by atoms with E-state index in [-0.39, 0.29) is 11.5 Å². The van der Waals surface area contributed by atoms with Crippen LogP contribution >= 0.6 is 0 Å². The topological polar surface area (TPSA) is 106 Å². The third kappa shape index (κ3) is 2.73. The molecule has 0 saturated heterocycles. The highest BCUT2D eigenvalue weighted by Gasteiger charge is 2.24. The van der Waals surface area contributed by atoms with Crippen LogP contribution in [0, 0.1) is 0 Å². The van der Waals surface area contributed by atoms with Crippen LogP contribution in [-0.4, -0.2) is 17.0 Å². The number of hydrogen-bond donors (Lipinski definition) is 3. The molecule has 1 aliphatic rings. The van der Waals surface area contributed by atoms with Crippen LogP contribution in [0.5, 0.6) is 0 Å². The van der Waals surface area contributed by atoms with Crippen LogP contribution in [-0.2, 0) is 4.79 Å². The SMILES string of the molecule is Nc1ccc2c(c1)NC(=O)C2=Cc1ccc(-c2cccc(C(=O)O)c2)o1. The van der Waals surface area contributed by atoms with Gasteiger partial charge in [0.15, 0.2) is 0 Å². The number of carbonyl (C=O) groups excluding carboxylic acids is 1. The molecule has 0 bridgehead atoms. The van der Waals surface area contributed by atoms with Crippen molar-refractivity contribution >= 4 is 34.9 Å². The molecule has 6 heteroatoms. The van der Waals surface area contributed by atoms with E-state index in [1.54, 1.807) is 54.6 Å².